The first-order chi connectivity index (χ1) is 28.7. The number of benzene rings is 2. The minimum absolute atomic E-state index is 0.0139. The molecule has 0 radical (unpaired) electrons. The summed E-state index contributed by atoms with van der Waals surface area (Å²) >= 11 is 0. The highest BCUT2D eigenvalue weighted by atomic mass is 19.1. The van der Waals surface area contributed by atoms with Crippen LogP contribution in [0.25, 0.3) is 5.70 Å². The summed E-state index contributed by atoms with van der Waals surface area (Å²) in [7, 11) is 1.63. The fourth-order valence-electron chi connectivity index (χ4n) is 10.2. The van der Waals surface area contributed by atoms with Gasteiger partial charge in [-0.25, -0.2) is 9.18 Å². The highest BCUT2D eigenvalue weighted by Gasteiger charge is 2.49. The first-order valence-corrected chi connectivity index (χ1v) is 20.9. The molecule has 2 unspecified atom stereocenters. The van der Waals surface area contributed by atoms with Gasteiger partial charge in [0.25, 0.3) is 5.91 Å². The van der Waals surface area contributed by atoms with Crippen molar-refractivity contribution < 1.29 is 33.4 Å². The minimum atomic E-state index is -0.769. The van der Waals surface area contributed by atoms with Crippen molar-refractivity contribution in [1.29, 1.82) is 0 Å². The Morgan fingerprint density at radius 3 is 2.55 bits per heavy atom. The molecule has 5 amide bonds. The van der Waals surface area contributed by atoms with E-state index < -0.39 is 34.6 Å². The van der Waals surface area contributed by atoms with Gasteiger partial charge in [-0.15, -0.1) is 0 Å². The zero-order valence-electron chi connectivity index (χ0n) is 34.7. The van der Waals surface area contributed by atoms with Gasteiger partial charge in [-0.2, -0.15) is 0 Å². The van der Waals surface area contributed by atoms with Crippen molar-refractivity contribution in [1.82, 2.24) is 35.1 Å². The number of imide groups is 1. The van der Waals surface area contributed by atoms with E-state index in [-0.39, 0.29) is 35.5 Å². The van der Waals surface area contributed by atoms with Crippen LogP contribution in [-0.2, 0) is 20.9 Å². The van der Waals surface area contributed by atoms with Crippen molar-refractivity contribution in [3.8, 4) is 5.75 Å². The molecule has 0 aliphatic carbocycles. The molecular formula is C43H57FN10O6. The van der Waals surface area contributed by atoms with E-state index in [1.165, 1.54) is 12.1 Å². The van der Waals surface area contributed by atoms with Gasteiger partial charge < -0.3 is 51.1 Å². The molecule has 4 saturated heterocycles. The molecule has 0 aromatic heterocycles. The molecule has 6 heterocycles. The van der Waals surface area contributed by atoms with Crippen LogP contribution in [0.1, 0.15) is 61.0 Å². The predicted molar refractivity (Wildman–Crippen MR) is 222 cm³/mol. The Morgan fingerprint density at radius 2 is 1.82 bits per heavy atom. The van der Waals surface area contributed by atoms with E-state index in [0.29, 0.717) is 75.3 Å². The van der Waals surface area contributed by atoms with Gasteiger partial charge in [0.2, 0.25) is 11.8 Å². The monoisotopic (exact) mass is 828 g/mol. The van der Waals surface area contributed by atoms with Crippen LogP contribution in [0, 0.1) is 11.7 Å². The molecule has 2 aromatic rings. The number of nitrogens with two attached hydrogens (primary N) is 2. The molecule has 6 aliphatic rings. The number of methoxy groups -OCH3 is 1. The van der Waals surface area contributed by atoms with Crippen LogP contribution < -0.4 is 27.0 Å². The summed E-state index contributed by atoms with van der Waals surface area (Å²) in [5, 5.41) is 16.0. The number of carbonyl (C=O) groups excluding carboxylic acids is 4. The van der Waals surface area contributed by atoms with Crippen molar-refractivity contribution in [3.63, 3.8) is 0 Å². The van der Waals surface area contributed by atoms with Gasteiger partial charge in [0, 0.05) is 108 Å². The molecule has 2 aromatic carbocycles. The summed E-state index contributed by atoms with van der Waals surface area (Å²) in [6.07, 6.45) is 4.24. The maximum absolute atomic E-state index is 14.4. The lowest BCUT2D eigenvalue weighted by Crippen LogP contribution is -2.73. The number of anilines is 1. The summed E-state index contributed by atoms with van der Waals surface area (Å²) < 4.78 is 19.9. The smallest absolute Gasteiger partial charge is 0.320 e. The number of hydrogen-bond acceptors (Lipinski definition) is 12. The molecule has 2 atom stereocenters. The van der Waals surface area contributed by atoms with Crippen LogP contribution in [0.4, 0.5) is 14.9 Å². The van der Waals surface area contributed by atoms with Gasteiger partial charge in [-0.3, -0.25) is 24.6 Å². The second-order valence-corrected chi connectivity index (χ2v) is 17.8. The van der Waals surface area contributed by atoms with E-state index in [2.05, 4.69) is 45.2 Å². The highest BCUT2D eigenvalue weighted by molar-refractivity contribution is 6.05. The summed E-state index contributed by atoms with van der Waals surface area (Å²) in [5.74, 6) is -1.26. The van der Waals surface area contributed by atoms with Gasteiger partial charge in [-0.05, 0) is 74.9 Å². The number of fused-ring (bicyclic) bond motifs is 2. The Labute approximate surface area is 349 Å². The number of carbonyl (C=O) groups is 4. The second-order valence-electron chi connectivity index (χ2n) is 17.8. The van der Waals surface area contributed by atoms with Gasteiger partial charge in [-0.1, -0.05) is 12.1 Å². The lowest BCUT2D eigenvalue weighted by Gasteiger charge is -2.56. The number of nitrogens with zero attached hydrogens (tertiary/aromatic N) is 6. The van der Waals surface area contributed by atoms with Crippen molar-refractivity contribution in [2.75, 3.05) is 84.1 Å². The summed E-state index contributed by atoms with van der Waals surface area (Å²) in [6, 6.07) is 9.58. The summed E-state index contributed by atoms with van der Waals surface area (Å²) in [5.41, 5.74) is 15.3. The van der Waals surface area contributed by atoms with Crippen LogP contribution in [-0.4, -0.2) is 150 Å². The van der Waals surface area contributed by atoms with E-state index in [4.69, 9.17) is 16.2 Å². The third-order valence-corrected chi connectivity index (χ3v) is 13.3. The quantitative estimate of drug-likeness (QED) is 0.243. The maximum atomic E-state index is 14.4. The normalized spacial score (nSPS) is 25.3. The van der Waals surface area contributed by atoms with Crippen LogP contribution in [0.15, 0.2) is 54.0 Å². The maximum Gasteiger partial charge on any atom is 0.320 e. The first-order valence-electron chi connectivity index (χ1n) is 20.9. The molecule has 7 N–H and O–H groups in total. The number of nitrogens with one attached hydrogen (secondary N) is 2. The van der Waals surface area contributed by atoms with Crippen molar-refractivity contribution in [2.45, 2.75) is 63.2 Å². The molecule has 16 nitrogen and oxygen atoms in total. The van der Waals surface area contributed by atoms with Crippen LogP contribution in [0.3, 0.4) is 0 Å². The van der Waals surface area contributed by atoms with E-state index in [1.807, 2.05) is 21.9 Å². The number of piperazine rings is 2. The number of phenolic OH excluding ortho intramolecular Hbond substituents is 1. The van der Waals surface area contributed by atoms with Crippen molar-refractivity contribution >= 4 is 35.1 Å². The summed E-state index contributed by atoms with van der Waals surface area (Å²) in [4.78, 5) is 64.5. The molecule has 6 aliphatic heterocycles. The SMILES string of the molecule is COCC12CNC(N)=C(/C=C(\N)c3cccc(F)c3O)N1CCN(C(=O)N1CCN(CC3CCN(c4ccc5c(c4)C(=O)N(C4CCC(=O)NC4=O)C5)CC3)CC1(C)C)C2. The number of rotatable bonds is 8. The van der Waals surface area contributed by atoms with Gasteiger partial charge >= 0.3 is 6.03 Å². The van der Waals surface area contributed by atoms with E-state index in [1.54, 1.807) is 24.2 Å². The molecule has 0 bridgehead atoms. The minimum Gasteiger partial charge on any atom is -0.504 e. The Balaban J connectivity index is 0.859. The zero-order chi connectivity index (χ0) is 42.5. The fraction of sp³-hybridized carbons (Fsp3) is 0.535. The first kappa shape index (κ1) is 41.2. The van der Waals surface area contributed by atoms with E-state index >= 15 is 0 Å². The number of halogens is 1. The number of ether oxygens (including phenoxy) is 1. The number of aromatic hydroxyl groups is 1. The molecule has 0 spiro atoms. The predicted octanol–water partition coefficient (Wildman–Crippen LogP) is 1.76. The van der Waals surface area contributed by atoms with Crippen LogP contribution >= 0.6 is 0 Å². The van der Waals surface area contributed by atoms with Crippen LogP contribution in [0.5, 0.6) is 5.75 Å². The van der Waals surface area contributed by atoms with Gasteiger partial charge in [0.15, 0.2) is 11.6 Å². The van der Waals surface area contributed by atoms with Gasteiger partial charge in [0.1, 0.15) is 11.9 Å². The molecule has 17 heteroatoms. The molecule has 4 fully saturated rings. The summed E-state index contributed by atoms with van der Waals surface area (Å²) in [6.45, 7) is 11.5. The molecule has 60 heavy (non-hydrogen) atoms. The second kappa shape index (κ2) is 16.1. The molecule has 0 saturated carbocycles. The van der Waals surface area contributed by atoms with Gasteiger partial charge in [0.05, 0.1) is 23.4 Å². The number of hydrogen-bond donors (Lipinski definition) is 5. The third kappa shape index (κ3) is 7.68. The topological polar surface area (TPSA) is 193 Å². The number of para-hydroxylation sites is 1. The Kier molecular flexibility index (Phi) is 11.1. The average molecular weight is 829 g/mol. The third-order valence-electron chi connectivity index (χ3n) is 13.3. The fourth-order valence-corrected chi connectivity index (χ4v) is 10.2. The van der Waals surface area contributed by atoms with E-state index in [0.717, 1.165) is 56.8 Å². The van der Waals surface area contributed by atoms with Crippen molar-refractivity contribution in [2.24, 2.45) is 17.4 Å². The number of amides is 5. The van der Waals surface area contributed by atoms with Crippen LogP contribution in [0.2, 0.25) is 0 Å². The average Bonchev–Trinajstić information content (AvgIpc) is 3.54. The Hall–Kier alpha value is -5.55. The largest absolute Gasteiger partial charge is 0.504 e. The molecule has 8 rings (SSSR count). The lowest BCUT2D eigenvalue weighted by atomic mass is 9.90. The highest BCUT2D eigenvalue weighted by Crippen LogP contribution is 2.36. The number of allylic oxidation sites excluding steroid dienone is 1. The standard InChI is InChI=1S/C43H57FN10O6/c1-42(2)24-49(21-27-11-13-50(14-12-27)29-8-7-28-22-52(40(58)31(28)19-29)34-9-10-36(55)48-39(34)57)15-17-54(42)41(59)51-16-18-53-35(38(46)47-23-43(53,25-51)26-60-3)20-33(45)30-5-4-6-32(44)37(30)56/h4-8,19-20,27,34,47,56H,9-18,21-26,45-46H2,1-3H3,(H,48,55,57)/b33-20-. The van der Waals surface area contributed by atoms with E-state index in [9.17, 15) is 28.7 Å². The number of urea groups is 1. The zero-order valence-corrected chi connectivity index (χ0v) is 34.7. The number of piperidine rings is 2. The Bertz CT molecular complexity index is 2120. The number of phenols is 1. The molecule has 322 valence electrons. The lowest BCUT2D eigenvalue weighted by molar-refractivity contribution is -0.136. The molecular weight excluding hydrogens is 772 g/mol. The Morgan fingerprint density at radius 1 is 1.03 bits per heavy atom. The van der Waals surface area contributed by atoms with Crippen molar-refractivity contribution in [3.05, 3.63) is 76.5 Å².